The second-order valence-corrected chi connectivity index (χ2v) is 11.5. The highest BCUT2D eigenvalue weighted by atomic mass is 15.1. The van der Waals surface area contributed by atoms with Crippen LogP contribution in [0, 0.1) is 0 Å². The Labute approximate surface area is 229 Å². The fourth-order valence-electron chi connectivity index (χ4n) is 5.59. The molecule has 0 unspecified atom stereocenters. The summed E-state index contributed by atoms with van der Waals surface area (Å²) in [6, 6.07) is 24.3. The third-order valence-corrected chi connectivity index (χ3v) is 8.73. The fourth-order valence-corrected chi connectivity index (χ4v) is 5.59. The van der Waals surface area contributed by atoms with Crippen molar-refractivity contribution in [2.75, 3.05) is 0 Å². The van der Waals surface area contributed by atoms with Gasteiger partial charge >= 0.3 is 0 Å². The number of hydrogen-bond donors (Lipinski definition) is 2. The molecule has 3 aromatic heterocycles. The predicted molar refractivity (Wildman–Crippen MR) is 158 cm³/mol. The van der Waals surface area contributed by atoms with Crippen molar-refractivity contribution in [1.29, 1.82) is 0 Å². The molecule has 40 heavy (non-hydrogen) atoms. The SMILES string of the molecule is CC1(C)c2nc(nc3[nH]c(nc4nc(nc5[nH]c(n2)c2ccccc52)-c2ccccc2-4)c2ccccc32)C1(C)C. The molecule has 8 heteroatoms. The molecule has 3 aromatic carbocycles. The van der Waals surface area contributed by atoms with E-state index in [1.807, 2.05) is 48.5 Å². The van der Waals surface area contributed by atoms with Gasteiger partial charge < -0.3 is 9.97 Å². The molecule has 8 bridgehead atoms. The average Bonchev–Trinajstić information content (AvgIpc) is 3.63. The second-order valence-electron chi connectivity index (χ2n) is 11.5. The largest absolute Gasteiger partial charge is 0.324 e. The number of benzene rings is 3. The van der Waals surface area contributed by atoms with Crippen molar-refractivity contribution >= 4 is 44.1 Å². The molecule has 0 atom stereocenters. The molecule has 0 amide bonds. The maximum Gasteiger partial charge on any atom is 0.164 e. The molecule has 0 radical (unpaired) electrons. The van der Waals surface area contributed by atoms with Gasteiger partial charge in [-0.2, -0.15) is 0 Å². The Bertz CT molecular complexity index is 2030. The Hall–Kier alpha value is -4.98. The maximum atomic E-state index is 5.12. The molecular weight excluding hydrogens is 496 g/mol. The fraction of sp³-hybridized carbons (Fsp3) is 0.188. The van der Waals surface area contributed by atoms with Crippen LogP contribution < -0.4 is 0 Å². The second kappa shape index (κ2) is 7.79. The molecule has 0 fully saturated rings. The lowest BCUT2D eigenvalue weighted by atomic mass is 9.69. The van der Waals surface area contributed by atoms with Gasteiger partial charge in [-0.15, -0.1) is 0 Å². The summed E-state index contributed by atoms with van der Waals surface area (Å²) in [7, 11) is 0. The van der Waals surface area contributed by atoms with Crippen molar-refractivity contribution in [3.05, 3.63) is 84.4 Å². The van der Waals surface area contributed by atoms with Gasteiger partial charge in [0, 0.05) is 43.5 Å². The molecule has 2 aliphatic heterocycles. The van der Waals surface area contributed by atoms with Gasteiger partial charge in [0.1, 0.15) is 34.2 Å². The maximum absolute atomic E-state index is 5.12. The van der Waals surface area contributed by atoms with Crippen LogP contribution in [0.25, 0.3) is 66.9 Å². The topological polar surface area (TPSA) is 109 Å². The van der Waals surface area contributed by atoms with Crippen LogP contribution in [0.3, 0.4) is 0 Å². The highest BCUT2D eigenvalue weighted by molar-refractivity contribution is 6.05. The highest BCUT2D eigenvalue weighted by Gasteiger charge is 2.48. The third kappa shape index (κ3) is 3.07. The van der Waals surface area contributed by atoms with E-state index in [4.69, 9.17) is 29.9 Å². The molecule has 0 spiro atoms. The van der Waals surface area contributed by atoms with Crippen LogP contribution in [0.4, 0.5) is 0 Å². The van der Waals surface area contributed by atoms with Crippen LogP contribution in [0.2, 0.25) is 0 Å². The lowest BCUT2D eigenvalue weighted by Crippen LogP contribution is -2.37. The van der Waals surface area contributed by atoms with E-state index in [1.165, 1.54) is 0 Å². The molecule has 2 aliphatic rings. The smallest absolute Gasteiger partial charge is 0.164 e. The van der Waals surface area contributed by atoms with Gasteiger partial charge in [0.2, 0.25) is 0 Å². The van der Waals surface area contributed by atoms with E-state index < -0.39 is 0 Å². The van der Waals surface area contributed by atoms with Gasteiger partial charge in [-0.1, -0.05) is 100 Å². The Morgan fingerprint density at radius 2 is 0.775 bits per heavy atom. The number of aromatic amines is 2. The van der Waals surface area contributed by atoms with Crippen molar-refractivity contribution in [2.45, 2.75) is 38.5 Å². The van der Waals surface area contributed by atoms with Crippen LogP contribution in [0.15, 0.2) is 72.8 Å². The number of hydrogen-bond acceptors (Lipinski definition) is 6. The molecule has 0 saturated heterocycles. The number of fused-ring (bicyclic) bond motifs is 17. The Kier molecular flexibility index (Phi) is 4.47. The van der Waals surface area contributed by atoms with E-state index in [-0.39, 0.29) is 10.8 Å². The zero-order valence-electron chi connectivity index (χ0n) is 22.6. The third-order valence-electron chi connectivity index (χ3n) is 8.73. The molecule has 8 nitrogen and oxygen atoms in total. The number of nitrogens with zero attached hydrogens (tertiary/aromatic N) is 6. The van der Waals surface area contributed by atoms with Crippen LogP contribution in [-0.4, -0.2) is 39.9 Å². The molecule has 2 N–H and O–H groups in total. The lowest BCUT2D eigenvalue weighted by molar-refractivity contribution is 0.310. The van der Waals surface area contributed by atoms with Crippen molar-refractivity contribution < 1.29 is 0 Å². The van der Waals surface area contributed by atoms with Gasteiger partial charge in [-0.05, 0) is 0 Å². The van der Waals surface area contributed by atoms with Crippen LogP contribution in [0.5, 0.6) is 0 Å². The summed E-state index contributed by atoms with van der Waals surface area (Å²) < 4.78 is 0. The van der Waals surface area contributed by atoms with E-state index in [0.717, 1.165) is 55.6 Å². The minimum Gasteiger partial charge on any atom is -0.324 e. The van der Waals surface area contributed by atoms with Gasteiger partial charge in [-0.25, -0.2) is 29.9 Å². The Morgan fingerprint density at radius 3 is 1.18 bits per heavy atom. The summed E-state index contributed by atoms with van der Waals surface area (Å²) in [6.07, 6.45) is 0. The standard InChI is InChI=1S/C32H26N8/c1-31(2)29-38-27-21-15-9-7-13-19(21)25(36-27)34-23-17-11-5-6-12-18(17)24(33-23)35-26-20-14-8-10-16-22(20)28(37-26)39-30(40-29)32(31,3)4/h5-16H,1-4H3,(H2,33,34,35,36,37,38,39,40). The molecule has 8 rings (SSSR count). The monoisotopic (exact) mass is 522 g/mol. The summed E-state index contributed by atoms with van der Waals surface area (Å²) in [5.74, 6) is 2.66. The molecule has 5 heterocycles. The molecule has 194 valence electrons. The quantitative estimate of drug-likeness (QED) is 0.227. The molecule has 0 aliphatic carbocycles. The molecular formula is C32H26N8. The first-order chi connectivity index (χ1) is 19.3. The van der Waals surface area contributed by atoms with E-state index in [1.54, 1.807) is 0 Å². The van der Waals surface area contributed by atoms with E-state index in [0.29, 0.717) is 22.9 Å². The van der Waals surface area contributed by atoms with Crippen LogP contribution in [0.1, 0.15) is 39.3 Å². The minimum absolute atomic E-state index is 0.378. The number of aromatic nitrogens is 8. The van der Waals surface area contributed by atoms with Gasteiger partial charge in [0.15, 0.2) is 11.6 Å². The lowest BCUT2D eigenvalue weighted by Gasteiger charge is -2.32. The summed E-state index contributed by atoms with van der Waals surface area (Å²) in [5, 5.41) is 3.90. The van der Waals surface area contributed by atoms with Crippen molar-refractivity contribution in [2.24, 2.45) is 0 Å². The van der Waals surface area contributed by atoms with Gasteiger partial charge in [0.25, 0.3) is 0 Å². The van der Waals surface area contributed by atoms with Gasteiger partial charge in [0.05, 0.1) is 0 Å². The zero-order chi connectivity index (χ0) is 27.2. The predicted octanol–water partition coefficient (Wildman–Crippen LogP) is 6.79. The first-order valence-corrected chi connectivity index (χ1v) is 13.4. The van der Waals surface area contributed by atoms with E-state index in [2.05, 4.69) is 61.9 Å². The number of H-pyrrole nitrogens is 2. The van der Waals surface area contributed by atoms with Gasteiger partial charge in [-0.3, -0.25) is 0 Å². The average molecular weight is 523 g/mol. The number of rotatable bonds is 0. The molecule has 6 aromatic rings. The summed E-state index contributed by atoms with van der Waals surface area (Å²) >= 11 is 0. The molecule has 0 saturated carbocycles. The van der Waals surface area contributed by atoms with E-state index >= 15 is 0 Å². The van der Waals surface area contributed by atoms with Crippen LogP contribution in [-0.2, 0) is 10.8 Å². The Balaban J connectivity index is 1.61. The first kappa shape index (κ1) is 23.0. The summed E-state index contributed by atoms with van der Waals surface area (Å²) in [5.41, 5.74) is 3.96. The first-order valence-electron chi connectivity index (χ1n) is 13.4. The minimum atomic E-state index is -0.378. The van der Waals surface area contributed by atoms with Crippen molar-refractivity contribution in [1.82, 2.24) is 39.9 Å². The normalized spacial score (nSPS) is 15.4. The van der Waals surface area contributed by atoms with E-state index in [9.17, 15) is 0 Å². The highest BCUT2D eigenvalue weighted by Crippen LogP contribution is 2.45. The van der Waals surface area contributed by atoms with Crippen molar-refractivity contribution in [3.63, 3.8) is 0 Å². The summed E-state index contributed by atoms with van der Waals surface area (Å²) in [6.45, 7) is 8.71. The number of nitrogens with one attached hydrogen (secondary N) is 2. The van der Waals surface area contributed by atoms with Crippen molar-refractivity contribution in [3.8, 4) is 22.8 Å². The Morgan fingerprint density at radius 1 is 0.425 bits per heavy atom. The van der Waals surface area contributed by atoms with Crippen LogP contribution >= 0.6 is 0 Å². The summed E-state index contributed by atoms with van der Waals surface area (Å²) in [4.78, 5) is 37.2. The zero-order valence-corrected chi connectivity index (χ0v) is 22.6.